The van der Waals surface area contributed by atoms with E-state index in [0.29, 0.717) is 0 Å². The number of ether oxygens (including phenoxy) is 2. The van der Waals surface area contributed by atoms with Gasteiger partial charge in [-0.2, -0.15) is 0 Å². The van der Waals surface area contributed by atoms with E-state index in [4.69, 9.17) is 9.47 Å². The Morgan fingerprint density at radius 2 is 1.75 bits per heavy atom. The van der Waals surface area contributed by atoms with Crippen molar-refractivity contribution >= 4 is 15.9 Å². The summed E-state index contributed by atoms with van der Waals surface area (Å²) in [6.07, 6.45) is 0. The third-order valence-electron chi connectivity index (χ3n) is 2.87. The number of hydrogen-bond acceptors (Lipinski definition) is 3. The van der Waals surface area contributed by atoms with Crippen LogP contribution >= 0.6 is 15.9 Å². The zero-order valence-electron chi connectivity index (χ0n) is 11.7. The standard InChI is InChI=1S/C16H18BrNO2/c1-3-18-11-12-4-6-13(7-5-12)20-16-9-8-14(19-2)10-15(16)17/h4-10,18H,3,11H2,1-2H3. The molecule has 0 saturated carbocycles. The highest BCUT2D eigenvalue weighted by atomic mass is 79.9. The molecule has 0 saturated heterocycles. The first-order chi connectivity index (χ1) is 9.72. The van der Waals surface area contributed by atoms with Crippen molar-refractivity contribution in [2.75, 3.05) is 13.7 Å². The number of benzene rings is 2. The molecule has 2 rings (SSSR count). The molecular formula is C16H18BrNO2. The van der Waals surface area contributed by atoms with Gasteiger partial charge in [-0.25, -0.2) is 0 Å². The monoisotopic (exact) mass is 335 g/mol. The average molecular weight is 336 g/mol. The van der Waals surface area contributed by atoms with Crippen molar-refractivity contribution in [2.45, 2.75) is 13.5 Å². The molecule has 0 fully saturated rings. The van der Waals surface area contributed by atoms with Gasteiger partial charge in [0.05, 0.1) is 11.6 Å². The van der Waals surface area contributed by atoms with Gasteiger partial charge in [0.2, 0.25) is 0 Å². The van der Waals surface area contributed by atoms with Gasteiger partial charge in [0, 0.05) is 6.54 Å². The summed E-state index contributed by atoms with van der Waals surface area (Å²) in [5.41, 5.74) is 1.24. The molecule has 2 aromatic carbocycles. The van der Waals surface area contributed by atoms with Gasteiger partial charge in [-0.05, 0) is 58.4 Å². The van der Waals surface area contributed by atoms with Gasteiger partial charge in [-0.15, -0.1) is 0 Å². The minimum Gasteiger partial charge on any atom is -0.497 e. The van der Waals surface area contributed by atoms with E-state index in [-0.39, 0.29) is 0 Å². The van der Waals surface area contributed by atoms with E-state index >= 15 is 0 Å². The lowest BCUT2D eigenvalue weighted by Crippen LogP contribution is -2.11. The lowest BCUT2D eigenvalue weighted by Gasteiger charge is -2.10. The van der Waals surface area contributed by atoms with Gasteiger partial charge in [0.1, 0.15) is 17.2 Å². The Morgan fingerprint density at radius 3 is 2.35 bits per heavy atom. The van der Waals surface area contributed by atoms with Crippen molar-refractivity contribution in [3.05, 3.63) is 52.5 Å². The van der Waals surface area contributed by atoms with Crippen LogP contribution in [0.3, 0.4) is 0 Å². The highest BCUT2D eigenvalue weighted by Gasteiger charge is 2.04. The largest absolute Gasteiger partial charge is 0.497 e. The Morgan fingerprint density at radius 1 is 1.05 bits per heavy atom. The number of halogens is 1. The maximum absolute atomic E-state index is 5.85. The van der Waals surface area contributed by atoms with Crippen LogP contribution in [0.25, 0.3) is 0 Å². The summed E-state index contributed by atoms with van der Waals surface area (Å²) in [6, 6.07) is 13.7. The van der Waals surface area contributed by atoms with E-state index in [0.717, 1.165) is 34.8 Å². The summed E-state index contributed by atoms with van der Waals surface area (Å²) in [7, 11) is 1.64. The molecule has 4 heteroatoms. The molecule has 0 aromatic heterocycles. The lowest BCUT2D eigenvalue weighted by molar-refractivity contribution is 0.412. The van der Waals surface area contributed by atoms with Gasteiger partial charge in [0.15, 0.2) is 0 Å². The first-order valence-corrected chi connectivity index (χ1v) is 7.33. The van der Waals surface area contributed by atoms with Crippen LogP contribution in [0.4, 0.5) is 0 Å². The van der Waals surface area contributed by atoms with E-state index in [9.17, 15) is 0 Å². The van der Waals surface area contributed by atoms with Crippen LogP contribution in [-0.2, 0) is 6.54 Å². The minimum absolute atomic E-state index is 0.769. The zero-order valence-corrected chi connectivity index (χ0v) is 13.2. The second kappa shape index (κ2) is 7.31. The van der Waals surface area contributed by atoms with Gasteiger partial charge in [-0.1, -0.05) is 19.1 Å². The summed E-state index contributed by atoms with van der Waals surface area (Å²) in [5, 5.41) is 3.29. The highest BCUT2D eigenvalue weighted by molar-refractivity contribution is 9.10. The number of nitrogens with one attached hydrogen (secondary N) is 1. The highest BCUT2D eigenvalue weighted by Crippen LogP contribution is 2.32. The third-order valence-corrected chi connectivity index (χ3v) is 3.49. The zero-order chi connectivity index (χ0) is 14.4. The lowest BCUT2D eigenvalue weighted by atomic mass is 10.2. The smallest absolute Gasteiger partial charge is 0.141 e. The Bertz CT molecular complexity index is 555. The van der Waals surface area contributed by atoms with Crippen molar-refractivity contribution in [2.24, 2.45) is 0 Å². The van der Waals surface area contributed by atoms with Gasteiger partial charge < -0.3 is 14.8 Å². The first-order valence-electron chi connectivity index (χ1n) is 6.54. The maximum Gasteiger partial charge on any atom is 0.141 e. The van der Waals surface area contributed by atoms with E-state index in [1.165, 1.54) is 5.56 Å². The third kappa shape index (κ3) is 3.99. The molecule has 0 aliphatic heterocycles. The summed E-state index contributed by atoms with van der Waals surface area (Å²) in [4.78, 5) is 0. The molecule has 0 radical (unpaired) electrons. The fourth-order valence-corrected chi connectivity index (χ4v) is 2.20. The fourth-order valence-electron chi connectivity index (χ4n) is 1.76. The number of rotatable bonds is 6. The quantitative estimate of drug-likeness (QED) is 0.850. The van der Waals surface area contributed by atoms with E-state index in [1.54, 1.807) is 7.11 Å². The average Bonchev–Trinajstić information content (AvgIpc) is 2.48. The molecule has 20 heavy (non-hydrogen) atoms. The Balaban J connectivity index is 2.06. The molecule has 0 aliphatic rings. The van der Waals surface area contributed by atoms with Crippen molar-refractivity contribution in [1.29, 1.82) is 0 Å². The molecule has 106 valence electrons. The normalized spacial score (nSPS) is 10.3. The molecular weight excluding hydrogens is 318 g/mol. The molecule has 0 aliphatic carbocycles. The van der Waals surface area contributed by atoms with Crippen LogP contribution in [0.5, 0.6) is 17.2 Å². The van der Waals surface area contributed by atoms with E-state index < -0.39 is 0 Å². The van der Waals surface area contributed by atoms with Gasteiger partial charge in [0.25, 0.3) is 0 Å². The number of hydrogen-bond donors (Lipinski definition) is 1. The van der Waals surface area contributed by atoms with Crippen LogP contribution in [0.1, 0.15) is 12.5 Å². The minimum atomic E-state index is 0.769. The molecule has 1 N–H and O–H groups in total. The Hall–Kier alpha value is -1.52. The molecule has 0 unspecified atom stereocenters. The van der Waals surface area contributed by atoms with Crippen molar-refractivity contribution in [1.82, 2.24) is 5.32 Å². The van der Waals surface area contributed by atoms with Crippen LogP contribution in [0, 0.1) is 0 Å². The predicted octanol–water partition coefficient (Wildman–Crippen LogP) is 4.36. The van der Waals surface area contributed by atoms with E-state index in [1.807, 2.05) is 30.3 Å². The molecule has 3 nitrogen and oxygen atoms in total. The van der Waals surface area contributed by atoms with Crippen LogP contribution < -0.4 is 14.8 Å². The van der Waals surface area contributed by atoms with Crippen molar-refractivity contribution in [3.63, 3.8) is 0 Å². The molecule has 0 heterocycles. The molecule has 0 bridgehead atoms. The summed E-state index contributed by atoms with van der Waals surface area (Å²) in [6.45, 7) is 3.94. The second-order valence-corrected chi connectivity index (χ2v) is 5.18. The molecule has 0 spiro atoms. The van der Waals surface area contributed by atoms with Crippen LogP contribution in [-0.4, -0.2) is 13.7 Å². The van der Waals surface area contributed by atoms with Crippen LogP contribution in [0.2, 0.25) is 0 Å². The first kappa shape index (κ1) is 14.9. The molecule has 2 aromatic rings. The van der Waals surface area contributed by atoms with Gasteiger partial charge >= 0.3 is 0 Å². The Kier molecular flexibility index (Phi) is 5.44. The summed E-state index contributed by atoms with van der Waals surface area (Å²) in [5.74, 6) is 2.38. The summed E-state index contributed by atoms with van der Waals surface area (Å²) < 4.78 is 11.9. The van der Waals surface area contributed by atoms with Gasteiger partial charge in [-0.3, -0.25) is 0 Å². The van der Waals surface area contributed by atoms with Crippen molar-refractivity contribution < 1.29 is 9.47 Å². The molecule has 0 atom stereocenters. The second-order valence-electron chi connectivity index (χ2n) is 4.32. The SMILES string of the molecule is CCNCc1ccc(Oc2ccc(OC)cc2Br)cc1. The fraction of sp³-hybridized carbons (Fsp3) is 0.250. The van der Waals surface area contributed by atoms with Crippen LogP contribution in [0.15, 0.2) is 46.9 Å². The topological polar surface area (TPSA) is 30.5 Å². The van der Waals surface area contributed by atoms with Crippen molar-refractivity contribution in [3.8, 4) is 17.2 Å². The maximum atomic E-state index is 5.85. The Labute approximate surface area is 128 Å². The predicted molar refractivity (Wildman–Crippen MR) is 84.6 cm³/mol. The van der Waals surface area contributed by atoms with E-state index in [2.05, 4.69) is 40.3 Å². The molecule has 0 amide bonds. The summed E-state index contributed by atoms with van der Waals surface area (Å²) >= 11 is 3.48. The number of methoxy groups -OCH3 is 1.